The van der Waals surface area contributed by atoms with Crippen LogP contribution < -0.4 is 5.43 Å². The molecule has 31 heavy (non-hydrogen) atoms. The highest BCUT2D eigenvalue weighted by Crippen LogP contribution is 2.34. The molecule has 1 aliphatic rings. The maximum atomic E-state index is 13.2. The van der Waals surface area contributed by atoms with E-state index in [0.717, 1.165) is 42.8 Å². The van der Waals surface area contributed by atoms with E-state index in [0.29, 0.717) is 32.9 Å². The van der Waals surface area contributed by atoms with Crippen LogP contribution in [0.3, 0.4) is 0 Å². The van der Waals surface area contributed by atoms with Gasteiger partial charge in [0.05, 0.1) is 16.4 Å². The smallest absolute Gasteiger partial charge is 0.283 e. The number of amides is 1. The molecule has 2 heterocycles. The van der Waals surface area contributed by atoms with Gasteiger partial charge in [-0.25, -0.2) is 9.69 Å². The van der Waals surface area contributed by atoms with Gasteiger partial charge in [0.15, 0.2) is 5.69 Å². The zero-order valence-electron chi connectivity index (χ0n) is 17.2. The number of nitrogens with one attached hydrogen (secondary N) is 1. The van der Waals surface area contributed by atoms with Crippen molar-refractivity contribution in [2.75, 3.05) is 13.1 Å². The molecule has 1 N–H and O–H groups in total. The predicted octanol–water partition coefficient (Wildman–Crippen LogP) is 6.19. The van der Waals surface area contributed by atoms with Crippen LogP contribution in [0.1, 0.15) is 42.2 Å². The SMILES string of the molecule is CCc1c(C(=O)NN2CCCCC2)nn(-c2ccc(Cl)cc2Cl)c1-c1ccc(Cl)cc1. The number of nitrogens with zero attached hydrogens (tertiary/aromatic N) is 3. The molecule has 1 amide bonds. The number of hydrazine groups is 1. The van der Waals surface area contributed by atoms with Crippen molar-refractivity contribution in [1.29, 1.82) is 0 Å². The fourth-order valence-corrected chi connectivity index (χ4v) is 4.52. The summed E-state index contributed by atoms with van der Waals surface area (Å²) in [6.45, 7) is 3.71. The third-order valence-corrected chi connectivity index (χ3v) is 6.21. The van der Waals surface area contributed by atoms with Gasteiger partial charge in [0.2, 0.25) is 0 Å². The molecule has 0 unspecified atom stereocenters. The van der Waals surface area contributed by atoms with Crippen LogP contribution in [0.2, 0.25) is 15.1 Å². The van der Waals surface area contributed by atoms with Crippen molar-refractivity contribution in [2.45, 2.75) is 32.6 Å². The summed E-state index contributed by atoms with van der Waals surface area (Å²) in [5, 5.41) is 8.33. The van der Waals surface area contributed by atoms with E-state index in [-0.39, 0.29) is 5.91 Å². The summed E-state index contributed by atoms with van der Waals surface area (Å²) in [5.41, 5.74) is 6.64. The first-order chi connectivity index (χ1) is 15.0. The van der Waals surface area contributed by atoms with E-state index in [1.54, 1.807) is 16.8 Å². The lowest BCUT2D eigenvalue weighted by Gasteiger charge is -2.26. The summed E-state index contributed by atoms with van der Waals surface area (Å²) >= 11 is 18.7. The van der Waals surface area contributed by atoms with Crippen LogP contribution >= 0.6 is 34.8 Å². The maximum absolute atomic E-state index is 13.2. The van der Waals surface area contributed by atoms with E-state index in [1.807, 2.05) is 42.3 Å². The average Bonchev–Trinajstić information content (AvgIpc) is 3.14. The number of piperidine rings is 1. The first-order valence-electron chi connectivity index (χ1n) is 10.4. The molecular formula is C23H23Cl3N4O. The lowest BCUT2D eigenvalue weighted by atomic mass is 10.0. The molecule has 4 rings (SSSR count). The quantitative estimate of drug-likeness (QED) is 0.476. The fraction of sp³-hybridized carbons (Fsp3) is 0.304. The number of rotatable bonds is 5. The van der Waals surface area contributed by atoms with Crippen molar-refractivity contribution in [3.05, 3.63) is 68.8 Å². The Morgan fingerprint density at radius 1 is 1.00 bits per heavy atom. The molecule has 3 aromatic rings. The summed E-state index contributed by atoms with van der Waals surface area (Å²) in [7, 11) is 0. The molecule has 0 bridgehead atoms. The van der Waals surface area contributed by atoms with E-state index in [9.17, 15) is 4.79 Å². The molecule has 162 valence electrons. The van der Waals surface area contributed by atoms with Gasteiger partial charge >= 0.3 is 0 Å². The Morgan fingerprint density at radius 3 is 2.32 bits per heavy atom. The Labute approximate surface area is 196 Å². The van der Waals surface area contributed by atoms with Crippen molar-refractivity contribution in [3.63, 3.8) is 0 Å². The molecule has 1 fully saturated rings. The Kier molecular flexibility index (Phi) is 6.87. The molecule has 2 aromatic carbocycles. The molecule has 1 aliphatic heterocycles. The molecule has 0 aliphatic carbocycles. The number of hydrogen-bond donors (Lipinski definition) is 1. The van der Waals surface area contributed by atoms with Crippen LogP contribution in [0.5, 0.6) is 0 Å². The van der Waals surface area contributed by atoms with E-state index in [4.69, 9.17) is 39.9 Å². The Hall–Kier alpha value is -2.05. The maximum Gasteiger partial charge on any atom is 0.286 e. The topological polar surface area (TPSA) is 50.2 Å². The van der Waals surface area contributed by atoms with Crippen LogP contribution in [-0.4, -0.2) is 33.8 Å². The monoisotopic (exact) mass is 476 g/mol. The second-order valence-corrected chi connectivity index (χ2v) is 8.81. The number of hydrogen-bond acceptors (Lipinski definition) is 3. The molecule has 8 heteroatoms. The first kappa shape index (κ1) is 22.2. The lowest BCUT2D eigenvalue weighted by molar-refractivity contribution is 0.0743. The summed E-state index contributed by atoms with van der Waals surface area (Å²) < 4.78 is 1.73. The first-order valence-corrected chi connectivity index (χ1v) is 11.5. The second-order valence-electron chi connectivity index (χ2n) is 7.53. The standard InChI is InChI=1S/C23H23Cl3N4O/c1-2-18-21(23(31)28-29-12-4-3-5-13-29)27-30(20-11-10-17(25)14-19(20)26)22(18)15-6-8-16(24)9-7-15/h6-11,14H,2-5,12-13H2,1H3,(H,28,31). The van der Waals surface area contributed by atoms with Crippen molar-refractivity contribution in [1.82, 2.24) is 20.2 Å². The normalized spacial score (nSPS) is 14.6. The minimum atomic E-state index is -0.210. The van der Waals surface area contributed by atoms with Crippen molar-refractivity contribution >= 4 is 40.7 Å². The van der Waals surface area contributed by atoms with E-state index in [1.165, 1.54) is 6.42 Å². The molecule has 5 nitrogen and oxygen atoms in total. The highest BCUT2D eigenvalue weighted by atomic mass is 35.5. The van der Waals surface area contributed by atoms with Gasteiger partial charge in [-0.1, -0.05) is 60.3 Å². The second kappa shape index (κ2) is 9.61. The van der Waals surface area contributed by atoms with Gasteiger partial charge in [-0.15, -0.1) is 0 Å². The Bertz CT molecular complexity index is 1090. The zero-order valence-corrected chi connectivity index (χ0v) is 19.4. The fourth-order valence-electron chi connectivity index (χ4n) is 3.90. The highest BCUT2D eigenvalue weighted by molar-refractivity contribution is 6.35. The molecule has 1 saturated heterocycles. The third-order valence-electron chi connectivity index (χ3n) is 5.42. The van der Waals surface area contributed by atoms with Crippen molar-refractivity contribution < 1.29 is 4.79 Å². The van der Waals surface area contributed by atoms with Gasteiger partial charge in [-0.05, 0) is 49.6 Å². The van der Waals surface area contributed by atoms with Gasteiger partial charge in [-0.3, -0.25) is 10.2 Å². The third kappa shape index (κ3) is 4.75. The van der Waals surface area contributed by atoms with Crippen LogP contribution in [0.25, 0.3) is 16.9 Å². The lowest BCUT2D eigenvalue weighted by Crippen LogP contribution is -2.45. The minimum Gasteiger partial charge on any atom is -0.283 e. The summed E-state index contributed by atoms with van der Waals surface area (Å²) in [6, 6.07) is 12.7. The van der Waals surface area contributed by atoms with Crippen molar-refractivity contribution in [2.24, 2.45) is 0 Å². The molecule has 0 atom stereocenters. The number of aromatic nitrogens is 2. The van der Waals surface area contributed by atoms with Gasteiger partial charge in [-0.2, -0.15) is 5.10 Å². The van der Waals surface area contributed by atoms with Crippen LogP contribution in [0, 0.1) is 0 Å². The van der Waals surface area contributed by atoms with E-state index >= 15 is 0 Å². The largest absolute Gasteiger partial charge is 0.286 e. The highest BCUT2D eigenvalue weighted by Gasteiger charge is 2.26. The number of benzene rings is 2. The van der Waals surface area contributed by atoms with E-state index in [2.05, 4.69) is 5.43 Å². The number of carbonyl (C=O) groups excluding carboxylic acids is 1. The minimum absolute atomic E-state index is 0.210. The van der Waals surface area contributed by atoms with E-state index < -0.39 is 0 Å². The summed E-state index contributed by atoms with van der Waals surface area (Å²) in [5.74, 6) is -0.210. The van der Waals surface area contributed by atoms with Gasteiger partial charge in [0.25, 0.3) is 5.91 Å². The van der Waals surface area contributed by atoms with Gasteiger partial charge < -0.3 is 0 Å². The van der Waals surface area contributed by atoms with Crippen molar-refractivity contribution in [3.8, 4) is 16.9 Å². The molecule has 0 spiro atoms. The van der Waals surface area contributed by atoms with Crippen LogP contribution in [0.4, 0.5) is 0 Å². The van der Waals surface area contributed by atoms with Crippen LogP contribution in [-0.2, 0) is 6.42 Å². The average molecular weight is 478 g/mol. The van der Waals surface area contributed by atoms with Crippen LogP contribution in [0.15, 0.2) is 42.5 Å². The summed E-state index contributed by atoms with van der Waals surface area (Å²) in [4.78, 5) is 13.2. The summed E-state index contributed by atoms with van der Waals surface area (Å²) in [6.07, 6.45) is 3.97. The number of carbonyl (C=O) groups is 1. The predicted molar refractivity (Wildman–Crippen MR) is 126 cm³/mol. The zero-order chi connectivity index (χ0) is 22.0. The van der Waals surface area contributed by atoms with Gasteiger partial charge in [0, 0.05) is 34.3 Å². The molecular weight excluding hydrogens is 455 g/mol. The molecule has 1 aromatic heterocycles. The Morgan fingerprint density at radius 2 is 1.68 bits per heavy atom. The molecule has 0 saturated carbocycles. The Balaban J connectivity index is 1.84. The van der Waals surface area contributed by atoms with Gasteiger partial charge in [0.1, 0.15) is 0 Å². The molecule has 0 radical (unpaired) electrons. The number of halogens is 3.